The lowest BCUT2D eigenvalue weighted by Crippen LogP contribution is -2.38. The Morgan fingerprint density at radius 2 is 2.04 bits per heavy atom. The Labute approximate surface area is 163 Å². The molecular weight excluding hydrogens is 390 g/mol. The highest BCUT2D eigenvalue weighted by Gasteiger charge is 2.16. The molecule has 0 fully saturated rings. The number of aromatic nitrogens is 3. The predicted molar refractivity (Wildman–Crippen MR) is 104 cm³/mol. The van der Waals surface area contributed by atoms with Gasteiger partial charge in [0, 0.05) is 29.8 Å². The van der Waals surface area contributed by atoms with Crippen LogP contribution in [0.1, 0.15) is 23.1 Å². The summed E-state index contributed by atoms with van der Waals surface area (Å²) >= 11 is 7.51. The average Bonchev–Trinajstić information content (AvgIpc) is 3.11. The third kappa shape index (κ3) is 3.58. The van der Waals surface area contributed by atoms with Crippen LogP contribution in [0, 0.1) is 6.92 Å². The van der Waals surface area contributed by atoms with Crippen molar-refractivity contribution in [2.45, 2.75) is 13.8 Å². The molecule has 0 aliphatic heterocycles. The number of thiazole rings is 1. The summed E-state index contributed by atoms with van der Waals surface area (Å²) in [6.07, 6.45) is 0. The van der Waals surface area contributed by atoms with Gasteiger partial charge in [0.25, 0.3) is 5.56 Å². The summed E-state index contributed by atoms with van der Waals surface area (Å²) < 4.78 is 7.39. The van der Waals surface area contributed by atoms with Crippen molar-refractivity contribution in [1.29, 1.82) is 0 Å². The van der Waals surface area contributed by atoms with Crippen molar-refractivity contribution in [2.24, 2.45) is 7.05 Å². The summed E-state index contributed by atoms with van der Waals surface area (Å²) in [5, 5.41) is 2.45. The smallest absolute Gasteiger partial charge is 0.357 e. The Morgan fingerprint density at radius 1 is 1.30 bits per heavy atom. The molecule has 2 heterocycles. The van der Waals surface area contributed by atoms with Crippen LogP contribution in [0.3, 0.4) is 0 Å². The van der Waals surface area contributed by atoms with E-state index in [2.05, 4.69) is 4.98 Å². The molecule has 7 nitrogen and oxygen atoms in total. The van der Waals surface area contributed by atoms with E-state index in [1.54, 1.807) is 44.5 Å². The van der Waals surface area contributed by atoms with E-state index in [0.717, 1.165) is 4.57 Å². The van der Waals surface area contributed by atoms with Gasteiger partial charge in [0.1, 0.15) is 5.01 Å². The molecule has 0 atom stereocenters. The molecule has 0 spiro atoms. The van der Waals surface area contributed by atoms with Gasteiger partial charge in [-0.2, -0.15) is 0 Å². The van der Waals surface area contributed by atoms with Crippen molar-refractivity contribution < 1.29 is 9.53 Å². The predicted octanol–water partition coefficient (Wildman–Crippen LogP) is 2.80. The van der Waals surface area contributed by atoms with E-state index in [-0.39, 0.29) is 12.3 Å². The van der Waals surface area contributed by atoms with Gasteiger partial charge in [0.05, 0.1) is 17.3 Å². The van der Waals surface area contributed by atoms with Crippen LogP contribution in [0.15, 0.2) is 39.2 Å². The molecular formula is C18H16ClN3O4S. The molecule has 1 aromatic carbocycles. The zero-order valence-corrected chi connectivity index (χ0v) is 16.4. The number of hydrogen-bond donors (Lipinski definition) is 0. The van der Waals surface area contributed by atoms with Gasteiger partial charge in [0.2, 0.25) is 0 Å². The average molecular weight is 406 g/mol. The normalized spacial score (nSPS) is 10.8. The summed E-state index contributed by atoms with van der Waals surface area (Å²) in [4.78, 5) is 41.0. The first-order valence-corrected chi connectivity index (χ1v) is 9.32. The van der Waals surface area contributed by atoms with Crippen LogP contribution in [0.4, 0.5) is 0 Å². The molecule has 0 bridgehead atoms. The van der Waals surface area contributed by atoms with Crippen LogP contribution in [0.2, 0.25) is 5.02 Å². The molecule has 0 radical (unpaired) electrons. The number of carbonyl (C=O) groups is 1. The lowest BCUT2D eigenvalue weighted by atomic mass is 10.2. The maximum Gasteiger partial charge on any atom is 0.357 e. The fourth-order valence-electron chi connectivity index (χ4n) is 2.49. The Morgan fingerprint density at radius 3 is 2.74 bits per heavy atom. The Hall–Kier alpha value is -2.71. The fourth-order valence-corrected chi connectivity index (χ4v) is 3.57. The lowest BCUT2D eigenvalue weighted by molar-refractivity contribution is 0.0520. The molecule has 140 valence electrons. The van der Waals surface area contributed by atoms with Gasteiger partial charge in [-0.05, 0) is 32.0 Å². The first-order valence-electron chi connectivity index (χ1n) is 8.06. The third-order valence-electron chi connectivity index (χ3n) is 3.99. The summed E-state index contributed by atoms with van der Waals surface area (Å²) in [6, 6.07) is 6.17. The van der Waals surface area contributed by atoms with E-state index in [1.165, 1.54) is 22.0 Å². The Kier molecular flexibility index (Phi) is 5.29. The molecule has 3 aromatic rings. The highest BCUT2D eigenvalue weighted by Crippen LogP contribution is 2.32. The lowest BCUT2D eigenvalue weighted by Gasteiger charge is -2.11. The monoisotopic (exact) mass is 405 g/mol. The van der Waals surface area contributed by atoms with Crippen LogP contribution in [0.25, 0.3) is 16.3 Å². The van der Waals surface area contributed by atoms with Gasteiger partial charge in [-0.25, -0.2) is 19.1 Å². The van der Waals surface area contributed by atoms with E-state index >= 15 is 0 Å². The molecule has 0 N–H and O–H groups in total. The van der Waals surface area contributed by atoms with Crippen molar-refractivity contribution in [3.8, 4) is 16.3 Å². The van der Waals surface area contributed by atoms with Crippen LogP contribution >= 0.6 is 22.9 Å². The van der Waals surface area contributed by atoms with E-state index in [1.807, 2.05) is 0 Å². The molecule has 0 aliphatic carbocycles. The van der Waals surface area contributed by atoms with Gasteiger partial charge in [-0.3, -0.25) is 4.79 Å². The number of nitrogens with zero attached hydrogens (tertiary/aromatic N) is 3. The Balaban J connectivity index is 2.12. The maximum atomic E-state index is 12.5. The molecule has 3 rings (SSSR count). The van der Waals surface area contributed by atoms with Crippen LogP contribution in [-0.2, 0) is 11.8 Å². The quantitative estimate of drug-likeness (QED) is 0.623. The molecule has 0 aliphatic rings. The summed E-state index contributed by atoms with van der Waals surface area (Å²) in [6.45, 7) is 3.65. The molecule has 0 amide bonds. The molecule has 0 saturated carbocycles. The number of esters is 1. The first-order chi connectivity index (χ1) is 12.8. The second-order valence-electron chi connectivity index (χ2n) is 5.72. The van der Waals surface area contributed by atoms with Crippen molar-refractivity contribution >= 4 is 28.9 Å². The second kappa shape index (κ2) is 7.50. The number of hydrogen-bond acceptors (Lipinski definition) is 6. The van der Waals surface area contributed by atoms with Gasteiger partial charge in [-0.1, -0.05) is 11.6 Å². The number of halogens is 1. The van der Waals surface area contributed by atoms with Gasteiger partial charge in [-0.15, -0.1) is 11.3 Å². The zero-order valence-electron chi connectivity index (χ0n) is 14.9. The number of rotatable bonds is 4. The van der Waals surface area contributed by atoms with Gasteiger partial charge in [0.15, 0.2) is 5.69 Å². The third-order valence-corrected chi connectivity index (χ3v) is 5.19. The highest BCUT2D eigenvalue weighted by atomic mass is 35.5. The number of carbonyl (C=O) groups excluding carboxylic acids is 1. The van der Waals surface area contributed by atoms with Gasteiger partial charge < -0.3 is 9.30 Å². The fraction of sp³-hybridized carbons (Fsp3) is 0.222. The maximum absolute atomic E-state index is 12.5. The molecule has 9 heteroatoms. The SMILES string of the molecule is CCOC(=O)c1csc(-c2cc(-n3c(=O)cc(C)n(C)c3=O)ccc2Cl)n1. The standard InChI is InChI=1S/C18H16ClN3O4S/c1-4-26-17(24)14-9-27-16(20-14)12-8-11(5-6-13(12)19)22-15(23)7-10(2)21(3)18(22)25/h5-9H,4H2,1-3H3. The van der Waals surface area contributed by atoms with Crippen molar-refractivity contribution in [1.82, 2.24) is 14.1 Å². The van der Waals surface area contributed by atoms with Crippen LogP contribution in [0.5, 0.6) is 0 Å². The Bertz CT molecular complexity index is 1150. The largest absolute Gasteiger partial charge is 0.461 e. The minimum Gasteiger partial charge on any atom is -0.461 e. The summed E-state index contributed by atoms with van der Waals surface area (Å²) in [7, 11) is 1.59. The highest BCUT2D eigenvalue weighted by molar-refractivity contribution is 7.13. The van der Waals surface area contributed by atoms with E-state index in [4.69, 9.17) is 16.3 Å². The minimum atomic E-state index is -0.518. The van der Waals surface area contributed by atoms with Crippen molar-refractivity contribution in [3.63, 3.8) is 0 Å². The molecule has 27 heavy (non-hydrogen) atoms. The number of aryl methyl sites for hydroxylation is 1. The molecule has 2 aromatic heterocycles. The molecule has 0 unspecified atom stereocenters. The summed E-state index contributed by atoms with van der Waals surface area (Å²) in [5.74, 6) is -0.518. The summed E-state index contributed by atoms with van der Waals surface area (Å²) in [5.41, 5.74) is 0.739. The van der Waals surface area contributed by atoms with Gasteiger partial charge >= 0.3 is 11.7 Å². The topological polar surface area (TPSA) is 83.2 Å². The van der Waals surface area contributed by atoms with Crippen molar-refractivity contribution in [2.75, 3.05) is 6.61 Å². The van der Waals surface area contributed by atoms with Crippen molar-refractivity contribution in [3.05, 3.63) is 66.9 Å². The molecule has 0 saturated heterocycles. The van der Waals surface area contributed by atoms with Crippen LogP contribution in [-0.4, -0.2) is 26.7 Å². The second-order valence-corrected chi connectivity index (χ2v) is 6.99. The van der Waals surface area contributed by atoms with E-state index in [0.29, 0.717) is 27.0 Å². The van der Waals surface area contributed by atoms with Crippen LogP contribution < -0.4 is 11.2 Å². The first kappa shape index (κ1) is 19.1. The van der Waals surface area contributed by atoms with E-state index in [9.17, 15) is 14.4 Å². The number of benzene rings is 1. The van der Waals surface area contributed by atoms with E-state index < -0.39 is 17.2 Å². The number of ether oxygens (including phenoxy) is 1. The zero-order chi connectivity index (χ0) is 19.7. The minimum absolute atomic E-state index is 0.182.